The van der Waals surface area contributed by atoms with Gasteiger partial charge in [-0.2, -0.15) is 18.3 Å². The number of nitrogens with two attached hydrogens (primary N) is 1. The van der Waals surface area contributed by atoms with Gasteiger partial charge in [0.1, 0.15) is 5.82 Å². The molecular formula is C13H13F4N3. The number of benzene rings is 1. The first-order chi connectivity index (χ1) is 9.29. The molecule has 0 bridgehead atoms. The van der Waals surface area contributed by atoms with E-state index >= 15 is 0 Å². The first-order valence-electron chi connectivity index (χ1n) is 5.87. The lowest BCUT2D eigenvalue weighted by Crippen LogP contribution is -2.18. The van der Waals surface area contributed by atoms with Crippen LogP contribution in [0.15, 0.2) is 30.6 Å². The van der Waals surface area contributed by atoms with Crippen molar-refractivity contribution in [1.29, 1.82) is 0 Å². The van der Waals surface area contributed by atoms with Crippen molar-refractivity contribution in [2.24, 2.45) is 12.8 Å². The van der Waals surface area contributed by atoms with Crippen LogP contribution in [0.25, 0.3) is 0 Å². The fraction of sp³-hybridized carbons (Fsp3) is 0.308. The molecule has 1 aromatic heterocycles. The van der Waals surface area contributed by atoms with Crippen molar-refractivity contribution in [3.63, 3.8) is 0 Å². The predicted molar refractivity (Wildman–Crippen MR) is 65.2 cm³/mol. The van der Waals surface area contributed by atoms with E-state index in [4.69, 9.17) is 5.73 Å². The highest BCUT2D eigenvalue weighted by atomic mass is 19.4. The summed E-state index contributed by atoms with van der Waals surface area (Å²) in [6.45, 7) is 0. The van der Waals surface area contributed by atoms with E-state index in [1.54, 1.807) is 24.1 Å². The molecule has 0 radical (unpaired) electrons. The van der Waals surface area contributed by atoms with Gasteiger partial charge in [-0.05, 0) is 18.1 Å². The van der Waals surface area contributed by atoms with E-state index in [1.807, 2.05) is 0 Å². The van der Waals surface area contributed by atoms with Gasteiger partial charge in [-0.1, -0.05) is 12.1 Å². The third-order valence-electron chi connectivity index (χ3n) is 2.95. The summed E-state index contributed by atoms with van der Waals surface area (Å²) in [5.74, 6) is -1.31. The number of alkyl halides is 3. The van der Waals surface area contributed by atoms with Gasteiger partial charge in [0.25, 0.3) is 0 Å². The van der Waals surface area contributed by atoms with Gasteiger partial charge >= 0.3 is 6.18 Å². The fourth-order valence-electron chi connectivity index (χ4n) is 2.00. The summed E-state index contributed by atoms with van der Waals surface area (Å²) in [7, 11) is 1.71. The predicted octanol–water partition coefficient (Wildman–Crippen LogP) is 2.82. The van der Waals surface area contributed by atoms with E-state index in [2.05, 4.69) is 5.10 Å². The average Bonchev–Trinajstić information content (AvgIpc) is 2.73. The van der Waals surface area contributed by atoms with Gasteiger partial charge in [-0.3, -0.25) is 4.68 Å². The second kappa shape index (κ2) is 5.24. The molecule has 7 heteroatoms. The maximum Gasteiger partial charge on any atom is 0.419 e. The Kier molecular flexibility index (Phi) is 3.80. The minimum absolute atomic E-state index is 0.149. The van der Waals surface area contributed by atoms with E-state index in [9.17, 15) is 17.6 Å². The van der Waals surface area contributed by atoms with Gasteiger partial charge in [0.2, 0.25) is 0 Å². The Hall–Kier alpha value is -1.89. The molecule has 2 aromatic rings. The third kappa shape index (κ3) is 2.98. The van der Waals surface area contributed by atoms with Crippen molar-refractivity contribution in [2.75, 3.05) is 0 Å². The average molecular weight is 287 g/mol. The van der Waals surface area contributed by atoms with Gasteiger partial charge in [0.15, 0.2) is 0 Å². The topological polar surface area (TPSA) is 43.8 Å². The molecule has 1 atom stereocenters. The number of halogens is 4. The number of aryl methyl sites for hydroxylation is 1. The Bertz CT molecular complexity index is 604. The van der Waals surface area contributed by atoms with Crippen molar-refractivity contribution in [1.82, 2.24) is 9.78 Å². The van der Waals surface area contributed by atoms with Crippen LogP contribution in [0.4, 0.5) is 17.6 Å². The zero-order chi connectivity index (χ0) is 14.9. The number of hydrogen-bond donors (Lipinski definition) is 1. The highest BCUT2D eigenvalue weighted by Crippen LogP contribution is 2.33. The number of hydrogen-bond acceptors (Lipinski definition) is 2. The van der Waals surface area contributed by atoms with Crippen molar-refractivity contribution in [3.05, 3.63) is 53.1 Å². The smallest absolute Gasteiger partial charge is 0.324 e. The van der Waals surface area contributed by atoms with Crippen molar-refractivity contribution in [2.45, 2.75) is 18.6 Å². The summed E-state index contributed by atoms with van der Waals surface area (Å²) in [4.78, 5) is 0. The molecule has 2 N–H and O–H groups in total. The Balaban J connectivity index is 2.28. The normalized spacial score (nSPS) is 13.5. The molecule has 0 spiro atoms. The molecule has 20 heavy (non-hydrogen) atoms. The standard InChI is InChI=1S/C13H13F4N3/c1-20-7-8(6-19-20)5-11(18)9-3-2-4-10(12(9)14)13(15,16)17/h2-4,6-7,11H,5,18H2,1H3. The van der Waals surface area contributed by atoms with Gasteiger partial charge in [-0.15, -0.1) is 0 Å². The molecule has 1 unspecified atom stereocenters. The summed E-state index contributed by atoms with van der Waals surface area (Å²) >= 11 is 0. The van der Waals surface area contributed by atoms with E-state index in [1.165, 1.54) is 6.07 Å². The highest BCUT2D eigenvalue weighted by molar-refractivity contribution is 5.31. The monoisotopic (exact) mass is 287 g/mol. The van der Waals surface area contributed by atoms with Crippen LogP contribution in [0.5, 0.6) is 0 Å². The SMILES string of the molecule is Cn1cc(CC(N)c2cccc(C(F)(F)F)c2F)cn1. The summed E-state index contributed by atoms with van der Waals surface area (Å²) < 4.78 is 53.3. The number of nitrogens with zero attached hydrogens (tertiary/aromatic N) is 2. The summed E-state index contributed by atoms with van der Waals surface area (Å²) in [5.41, 5.74) is 5.09. The molecular weight excluding hydrogens is 274 g/mol. The Morgan fingerprint density at radius 2 is 2.05 bits per heavy atom. The first-order valence-corrected chi connectivity index (χ1v) is 5.87. The van der Waals surface area contributed by atoms with Gasteiger partial charge in [0, 0.05) is 24.8 Å². The highest BCUT2D eigenvalue weighted by Gasteiger charge is 2.35. The van der Waals surface area contributed by atoms with E-state index in [0.717, 1.165) is 11.6 Å². The minimum Gasteiger partial charge on any atom is -0.324 e. The van der Waals surface area contributed by atoms with Gasteiger partial charge in [-0.25, -0.2) is 4.39 Å². The molecule has 0 amide bonds. The maximum absolute atomic E-state index is 13.9. The molecule has 0 saturated carbocycles. The maximum atomic E-state index is 13.9. The first kappa shape index (κ1) is 14.5. The van der Waals surface area contributed by atoms with Gasteiger partial charge < -0.3 is 5.73 Å². The fourth-order valence-corrected chi connectivity index (χ4v) is 2.00. The minimum atomic E-state index is -4.73. The Labute approximate surface area is 113 Å². The molecule has 108 valence electrons. The van der Waals surface area contributed by atoms with Crippen LogP contribution < -0.4 is 5.73 Å². The van der Waals surface area contributed by atoms with E-state index < -0.39 is 23.6 Å². The number of aromatic nitrogens is 2. The molecule has 0 saturated heterocycles. The Morgan fingerprint density at radius 1 is 1.35 bits per heavy atom. The van der Waals surface area contributed by atoms with Crippen molar-refractivity contribution >= 4 is 0 Å². The van der Waals surface area contributed by atoms with E-state index in [-0.39, 0.29) is 12.0 Å². The summed E-state index contributed by atoms with van der Waals surface area (Å²) in [6, 6.07) is 2.27. The zero-order valence-electron chi connectivity index (χ0n) is 10.7. The van der Waals surface area contributed by atoms with Crippen LogP contribution >= 0.6 is 0 Å². The van der Waals surface area contributed by atoms with Gasteiger partial charge in [0.05, 0.1) is 11.8 Å². The Morgan fingerprint density at radius 3 is 2.60 bits per heavy atom. The third-order valence-corrected chi connectivity index (χ3v) is 2.95. The molecule has 1 heterocycles. The molecule has 0 aliphatic carbocycles. The molecule has 0 fully saturated rings. The van der Waals surface area contributed by atoms with Crippen LogP contribution in [0, 0.1) is 5.82 Å². The number of rotatable bonds is 3. The van der Waals surface area contributed by atoms with Crippen LogP contribution in [0.1, 0.15) is 22.7 Å². The molecule has 3 nitrogen and oxygen atoms in total. The quantitative estimate of drug-likeness (QED) is 0.882. The molecule has 0 aliphatic heterocycles. The van der Waals surface area contributed by atoms with Crippen LogP contribution in [0.3, 0.4) is 0 Å². The second-order valence-corrected chi connectivity index (χ2v) is 4.54. The lowest BCUT2D eigenvalue weighted by molar-refractivity contribution is -0.140. The van der Waals surface area contributed by atoms with E-state index in [0.29, 0.717) is 6.07 Å². The summed E-state index contributed by atoms with van der Waals surface area (Å²) in [6.07, 6.45) is -1.28. The second-order valence-electron chi connectivity index (χ2n) is 4.54. The molecule has 2 rings (SSSR count). The largest absolute Gasteiger partial charge is 0.419 e. The van der Waals surface area contributed by atoms with Crippen LogP contribution in [-0.2, 0) is 19.6 Å². The van der Waals surface area contributed by atoms with Crippen LogP contribution in [-0.4, -0.2) is 9.78 Å². The lowest BCUT2D eigenvalue weighted by Gasteiger charge is -2.15. The van der Waals surface area contributed by atoms with Crippen molar-refractivity contribution in [3.8, 4) is 0 Å². The summed E-state index contributed by atoms with van der Waals surface area (Å²) in [5, 5.41) is 3.93. The molecule has 1 aromatic carbocycles. The van der Waals surface area contributed by atoms with Crippen LogP contribution in [0.2, 0.25) is 0 Å². The zero-order valence-corrected chi connectivity index (χ0v) is 10.7. The molecule has 0 aliphatic rings. The lowest BCUT2D eigenvalue weighted by atomic mass is 9.98. The van der Waals surface area contributed by atoms with Crippen molar-refractivity contribution < 1.29 is 17.6 Å².